The average Bonchev–Trinajstić information content (AvgIpc) is 2.14. The van der Waals surface area contributed by atoms with Gasteiger partial charge in [-0.15, -0.1) is 0 Å². The minimum absolute atomic E-state index is 0.398. The third kappa shape index (κ3) is 3.14. The first kappa shape index (κ1) is 12.0. The van der Waals surface area contributed by atoms with E-state index in [2.05, 4.69) is 39.9 Å². The molecule has 0 heterocycles. The summed E-state index contributed by atoms with van der Waals surface area (Å²) in [5.41, 5.74) is 0.398. The molecule has 0 aromatic heterocycles. The van der Waals surface area contributed by atoms with Crippen LogP contribution in [0.1, 0.15) is 60.3 Å². The standard InChI is InChI=1S/C11H25N/c1-6-10(5)12-11(7-2,8-3)9-4/h10,12H,6-9H2,1-5H3. The molecule has 0 bridgehead atoms. The molecular weight excluding hydrogens is 146 g/mol. The van der Waals surface area contributed by atoms with Crippen molar-refractivity contribution in [2.24, 2.45) is 0 Å². The van der Waals surface area contributed by atoms with Gasteiger partial charge in [0.25, 0.3) is 0 Å². The summed E-state index contributed by atoms with van der Waals surface area (Å²) < 4.78 is 0. The van der Waals surface area contributed by atoms with Crippen molar-refractivity contribution in [2.75, 3.05) is 0 Å². The second-order valence-corrected chi connectivity index (χ2v) is 3.79. The van der Waals surface area contributed by atoms with Crippen LogP contribution < -0.4 is 5.32 Å². The van der Waals surface area contributed by atoms with Crippen LogP contribution in [0, 0.1) is 0 Å². The van der Waals surface area contributed by atoms with E-state index in [1.807, 2.05) is 0 Å². The Balaban J connectivity index is 4.09. The third-order valence-electron chi connectivity index (χ3n) is 3.20. The Morgan fingerprint density at radius 3 is 1.67 bits per heavy atom. The smallest absolute Gasteiger partial charge is 0.0176 e. The molecule has 12 heavy (non-hydrogen) atoms. The summed E-state index contributed by atoms with van der Waals surface area (Å²) in [5.74, 6) is 0. The van der Waals surface area contributed by atoms with Crippen molar-refractivity contribution in [3.8, 4) is 0 Å². The number of nitrogens with one attached hydrogen (secondary N) is 1. The molecule has 0 saturated carbocycles. The van der Waals surface area contributed by atoms with Gasteiger partial charge in [-0.1, -0.05) is 27.7 Å². The molecule has 0 aliphatic carbocycles. The van der Waals surface area contributed by atoms with E-state index in [4.69, 9.17) is 0 Å². The lowest BCUT2D eigenvalue weighted by Gasteiger charge is -2.35. The van der Waals surface area contributed by atoms with E-state index < -0.39 is 0 Å². The molecule has 74 valence electrons. The molecule has 0 aliphatic heterocycles. The maximum absolute atomic E-state index is 3.73. The highest BCUT2D eigenvalue weighted by molar-refractivity contribution is 4.85. The molecule has 0 aliphatic rings. The number of rotatable bonds is 6. The molecule has 0 radical (unpaired) electrons. The van der Waals surface area contributed by atoms with Gasteiger partial charge in [0.2, 0.25) is 0 Å². The zero-order valence-corrected chi connectivity index (χ0v) is 9.41. The summed E-state index contributed by atoms with van der Waals surface area (Å²) in [5, 5.41) is 3.73. The summed E-state index contributed by atoms with van der Waals surface area (Å²) in [6.45, 7) is 11.4. The van der Waals surface area contributed by atoms with Gasteiger partial charge in [0.05, 0.1) is 0 Å². The van der Waals surface area contributed by atoms with Crippen molar-refractivity contribution in [2.45, 2.75) is 71.9 Å². The van der Waals surface area contributed by atoms with Crippen LogP contribution in [0.4, 0.5) is 0 Å². The highest BCUT2D eigenvalue weighted by Gasteiger charge is 2.24. The summed E-state index contributed by atoms with van der Waals surface area (Å²) in [7, 11) is 0. The van der Waals surface area contributed by atoms with Gasteiger partial charge in [-0.3, -0.25) is 0 Å². The zero-order valence-electron chi connectivity index (χ0n) is 9.41. The number of hydrogen-bond acceptors (Lipinski definition) is 1. The molecule has 0 saturated heterocycles. The van der Waals surface area contributed by atoms with Crippen molar-refractivity contribution in [3.63, 3.8) is 0 Å². The van der Waals surface area contributed by atoms with Gasteiger partial charge in [0.1, 0.15) is 0 Å². The topological polar surface area (TPSA) is 12.0 Å². The summed E-state index contributed by atoms with van der Waals surface area (Å²) >= 11 is 0. The van der Waals surface area contributed by atoms with E-state index in [9.17, 15) is 0 Å². The summed E-state index contributed by atoms with van der Waals surface area (Å²) in [4.78, 5) is 0. The van der Waals surface area contributed by atoms with Crippen LogP contribution in [0.15, 0.2) is 0 Å². The third-order valence-corrected chi connectivity index (χ3v) is 3.20. The fourth-order valence-corrected chi connectivity index (χ4v) is 1.68. The van der Waals surface area contributed by atoms with Crippen LogP contribution in [0.5, 0.6) is 0 Å². The normalized spacial score (nSPS) is 14.8. The highest BCUT2D eigenvalue weighted by atomic mass is 15.0. The molecule has 1 heteroatoms. The highest BCUT2D eigenvalue weighted by Crippen LogP contribution is 2.20. The second kappa shape index (κ2) is 5.58. The Morgan fingerprint density at radius 2 is 1.42 bits per heavy atom. The lowest BCUT2D eigenvalue weighted by atomic mass is 9.89. The van der Waals surface area contributed by atoms with Crippen molar-refractivity contribution < 1.29 is 0 Å². The first-order valence-corrected chi connectivity index (χ1v) is 5.41. The zero-order chi connectivity index (χ0) is 9.61. The summed E-state index contributed by atoms with van der Waals surface area (Å²) in [6, 6.07) is 0.657. The first-order valence-electron chi connectivity index (χ1n) is 5.41. The van der Waals surface area contributed by atoms with Gasteiger partial charge in [-0.05, 0) is 32.6 Å². The first-order chi connectivity index (χ1) is 5.64. The molecule has 0 fully saturated rings. The Kier molecular flexibility index (Phi) is 5.56. The maximum atomic E-state index is 3.73. The van der Waals surface area contributed by atoms with Crippen LogP contribution in [0.25, 0.3) is 0 Å². The largest absolute Gasteiger partial charge is 0.309 e. The van der Waals surface area contributed by atoms with E-state index in [-0.39, 0.29) is 0 Å². The van der Waals surface area contributed by atoms with Gasteiger partial charge in [0, 0.05) is 11.6 Å². The van der Waals surface area contributed by atoms with Crippen molar-refractivity contribution in [1.29, 1.82) is 0 Å². The fourth-order valence-electron chi connectivity index (χ4n) is 1.68. The average molecular weight is 171 g/mol. The molecule has 0 aromatic rings. The predicted octanol–water partition coefficient (Wildman–Crippen LogP) is 3.34. The fraction of sp³-hybridized carbons (Fsp3) is 1.00. The monoisotopic (exact) mass is 171 g/mol. The molecule has 1 N–H and O–H groups in total. The minimum atomic E-state index is 0.398. The summed E-state index contributed by atoms with van der Waals surface area (Å²) in [6.07, 6.45) is 4.95. The van der Waals surface area contributed by atoms with Gasteiger partial charge in [0.15, 0.2) is 0 Å². The van der Waals surface area contributed by atoms with Gasteiger partial charge < -0.3 is 5.32 Å². The van der Waals surface area contributed by atoms with E-state index in [0.29, 0.717) is 11.6 Å². The van der Waals surface area contributed by atoms with Gasteiger partial charge in [-0.2, -0.15) is 0 Å². The SMILES string of the molecule is CCC(C)NC(CC)(CC)CC. The molecule has 0 amide bonds. The number of hydrogen-bond donors (Lipinski definition) is 1. The van der Waals surface area contributed by atoms with Crippen LogP contribution in [-0.4, -0.2) is 11.6 Å². The predicted molar refractivity (Wildman–Crippen MR) is 56.5 cm³/mol. The molecule has 1 unspecified atom stereocenters. The molecular formula is C11H25N. The van der Waals surface area contributed by atoms with Crippen LogP contribution in [0.3, 0.4) is 0 Å². The Labute approximate surface area is 77.9 Å². The Morgan fingerprint density at radius 1 is 1.00 bits per heavy atom. The molecule has 0 aromatic carbocycles. The molecule has 1 nitrogen and oxygen atoms in total. The molecule has 1 atom stereocenters. The molecule has 0 rings (SSSR count). The minimum Gasteiger partial charge on any atom is -0.309 e. The van der Waals surface area contributed by atoms with Crippen LogP contribution in [-0.2, 0) is 0 Å². The second-order valence-electron chi connectivity index (χ2n) is 3.79. The maximum Gasteiger partial charge on any atom is 0.0176 e. The Hall–Kier alpha value is -0.0400. The lowest BCUT2D eigenvalue weighted by Crippen LogP contribution is -2.48. The van der Waals surface area contributed by atoms with Gasteiger partial charge in [-0.25, -0.2) is 0 Å². The van der Waals surface area contributed by atoms with E-state index >= 15 is 0 Å². The van der Waals surface area contributed by atoms with E-state index in [1.54, 1.807) is 0 Å². The van der Waals surface area contributed by atoms with Gasteiger partial charge >= 0.3 is 0 Å². The lowest BCUT2D eigenvalue weighted by molar-refractivity contribution is 0.258. The van der Waals surface area contributed by atoms with Crippen LogP contribution >= 0.6 is 0 Å². The quantitative estimate of drug-likeness (QED) is 0.646. The van der Waals surface area contributed by atoms with Crippen molar-refractivity contribution in [1.82, 2.24) is 5.32 Å². The van der Waals surface area contributed by atoms with Crippen molar-refractivity contribution in [3.05, 3.63) is 0 Å². The Bertz CT molecular complexity index is 97.3. The van der Waals surface area contributed by atoms with E-state index in [0.717, 1.165) is 0 Å². The van der Waals surface area contributed by atoms with Crippen molar-refractivity contribution >= 4 is 0 Å². The van der Waals surface area contributed by atoms with E-state index in [1.165, 1.54) is 25.7 Å². The van der Waals surface area contributed by atoms with Crippen LogP contribution in [0.2, 0.25) is 0 Å². The molecule has 0 spiro atoms.